The molecule has 7 heteroatoms. The Morgan fingerprint density at radius 3 is 2.84 bits per heavy atom. The Kier molecular flexibility index (Phi) is 4.17. The van der Waals surface area contributed by atoms with Crippen molar-refractivity contribution < 1.29 is 13.2 Å². The lowest BCUT2D eigenvalue weighted by atomic mass is 10.0. The van der Waals surface area contributed by atoms with Crippen LogP contribution < -0.4 is 10.5 Å². The Hall–Kier alpha value is -0.660. The van der Waals surface area contributed by atoms with Crippen LogP contribution in [0.4, 0.5) is 0 Å². The van der Waals surface area contributed by atoms with E-state index >= 15 is 0 Å². The zero-order valence-corrected chi connectivity index (χ0v) is 12.2. The van der Waals surface area contributed by atoms with E-state index in [0.717, 1.165) is 5.56 Å². The minimum atomic E-state index is -3.68. The number of hydrogen-bond donors (Lipinski definition) is 2. The van der Waals surface area contributed by atoms with Gasteiger partial charge in [0.05, 0.1) is 17.2 Å². The zero-order valence-electron chi connectivity index (χ0n) is 10.6. The van der Waals surface area contributed by atoms with Gasteiger partial charge in [0, 0.05) is 13.2 Å². The fraction of sp³-hybridized carbons (Fsp3) is 0.500. The second-order valence-corrected chi connectivity index (χ2v) is 7.00. The number of sulfonamides is 1. The van der Waals surface area contributed by atoms with Crippen molar-refractivity contribution in [3.8, 4) is 0 Å². The van der Waals surface area contributed by atoms with Gasteiger partial charge in [0.2, 0.25) is 10.0 Å². The Labute approximate surface area is 118 Å². The molecule has 0 aromatic heterocycles. The standard InChI is InChI=1S/C12H17ClN2O3S/c1-12(4-5-18-8-12)15-19(16,17)11-6-9(7-14)2-3-10(11)13/h2-3,6,15H,4-5,7-8,14H2,1H3. The minimum Gasteiger partial charge on any atom is -0.379 e. The Morgan fingerprint density at radius 2 is 2.26 bits per heavy atom. The van der Waals surface area contributed by atoms with Gasteiger partial charge in [0.15, 0.2) is 0 Å². The molecule has 1 atom stereocenters. The van der Waals surface area contributed by atoms with Gasteiger partial charge in [-0.15, -0.1) is 0 Å². The second kappa shape index (κ2) is 5.38. The molecule has 1 saturated heterocycles. The van der Waals surface area contributed by atoms with Crippen molar-refractivity contribution in [1.82, 2.24) is 4.72 Å². The van der Waals surface area contributed by atoms with Crippen molar-refractivity contribution in [3.05, 3.63) is 28.8 Å². The Balaban J connectivity index is 2.33. The number of rotatable bonds is 4. The molecule has 0 aliphatic carbocycles. The van der Waals surface area contributed by atoms with Crippen molar-refractivity contribution in [2.24, 2.45) is 5.73 Å². The van der Waals surface area contributed by atoms with E-state index in [1.807, 2.05) is 6.92 Å². The average Bonchev–Trinajstić information content (AvgIpc) is 2.75. The predicted octanol–water partition coefficient (Wildman–Crippen LogP) is 1.26. The SMILES string of the molecule is CC1(NS(=O)(=O)c2cc(CN)ccc2Cl)CCOC1. The molecule has 19 heavy (non-hydrogen) atoms. The molecule has 1 aliphatic rings. The number of halogens is 1. The van der Waals surface area contributed by atoms with Crippen molar-refractivity contribution in [2.45, 2.75) is 30.3 Å². The summed E-state index contributed by atoms with van der Waals surface area (Å²) in [4.78, 5) is 0.0604. The first-order valence-electron chi connectivity index (χ1n) is 5.96. The Morgan fingerprint density at radius 1 is 1.53 bits per heavy atom. The summed E-state index contributed by atoms with van der Waals surface area (Å²) in [6.07, 6.45) is 0.639. The molecule has 1 heterocycles. The molecule has 3 N–H and O–H groups in total. The minimum absolute atomic E-state index is 0.0604. The average molecular weight is 305 g/mol. The summed E-state index contributed by atoms with van der Waals surface area (Å²) in [6.45, 7) is 2.99. The number of ether oxygens (including phenoxy) is 1. The van der Waals surface area contributed by atoms with Crippen molar-refractivity contribution >= 4 is 21.6 Å². The van der Waals surface area contributed by atoms with Crippen LogP contribution in [0.15, 0.2) is 23.1 Å². The monoisotopic (exact) mass is 304 g/mol. The fourth-order valence-electron chi connectivity index (χ4n) is 2.01. The lowest BCUT2D eigenvalue weighted by Gasteiger charge is -2.23. The Bertz CT molecular complexity index is 568. The van der Waals surface area contributed by atoms with E-state index in [4.69, 9.17) is 22.1 Å². The molecule has 106 valence electrons. The molecule has 1 aliphatic heterocycles. The van der Waals surface area contributed by atoms with E-state index in [1.54, 1.807) is 12.1 Å². The topological polar surface area (TPSA) is 81.4 Å². The first-order chi connectivity index (χ1) is 8.86. The number of hydrogen-bond acceptors (Lipinski definition) is 4. The van der Waals surface area contributed by atoms with Crippen LogP contribution >= 0.6 is 11.6 Å². The van der Waals surface area contributed by atoms with Crippen LogP contribution in [0.3, 0.4) is 0 Å². The van der Waals surface area contributed by atoms with E-state index in [9.17, 15) is 8.42 Å². The third-order valence-electron chi connectivity index (χ3n) is 3.12. The molecule has 0 spiro atoms. The summed E-state index contributed by atoms with van der Waals surface area (Å²) >= 11 is 5.98. The van der Waals surface area contributed by atoms with Crippen LogP contribution in [0.1, 0.15) is 18.9 Å². The largest absolute Gasteiger partial charge is 0.379 e. The van der Waals surface area contributed by atoms with Crippen LogP contribution in [0, 0.1) is 0 Å². The van der Waals surface area contributed by atoms with E-state index in [1.165, 1.54) is 6.07 Å². The quantitative estimate of drug-likeness (QED) is 0.877. The maximum Gasteiger partial charge on any atom is 0.242 e. The van der Waals surface area contributed by atoms with Crippen LogP contribution in [-0.2, 0) is 21.3 Å². The van der Waals surface area contributed by atoms with E-state index in [0.29, 0.717) is 19.6 Å². The lowest BCUT2D eigenvalue weighted by molar-refractivity contribution is 0.178. The molecular weight excluding hydrogens is 288 g/mol. The highest BCUT2D eigenvalue weighted by Crippen LogP contribution is 2.26. The van der Waals surface area contributed by atoms with Crippen molar-refractivity contribution in [3.63, 3.8) is 0 Å². The highest BCUT2D eigenvalue weighted by atomic mass is 35.5. The molecule has 0 amide bonds. The molecule has 0 bridgehead atoms. The third-order valence-corrected chi connectivity index (χ3v) is 5.24. The van der Waals surface area contributed by atoms with E-state index in [2.05, 4.69) is 4.72 Å². The lowest BCUT2D eigenvalue weighted by Crippen LogP contribution is -2.46. The zero-order chi connectivity index (χ0) is 14.1. The van der Waals surface area contributed by atoms with Gasteiger partial charge in [-0.1, -0.05) is 17.7 Å². The normalized spacial score (nSPS) is 23.7. The summed E-state index contributed by atoms with van der Waals surface area (Å²) in [5, 5.41) is 0.187. The van der Waals surface area contributed by atoms with Gasteiger partial charge >= 0.3 is 0 Å². The van der Waals surface area contributed by atoms with Gasteiger partial charge in [0.1, 0.15) is 4.90 Å². The van der Waals surface area contributed by atoms with Crippen LogP contribution in [0.2, 0.25) is 5.02 Å². The maximum atomic E-state index is 12.4. The van der Waals surface area contributed by atoms with Crippen LogP contribution in [0.5, 0.6) is 0 Å². The molecule has 2 rings (SSSR count). The molecular formula is C12H17ClN2O3S. The van der Waals surface area contributed by atoms with Crippen molar-refractivity contribution in [2.75, 3.05) is 13.2 Å². The first-order valence-corrected chi connectivity index (χ1v) is 7.83. The van der Waals surface area contributed by atoms with Crippen molar-refractivity contribution in [1.29, 1.82) is 0 Å². The van der Waals surface area contributed by atoms with Gasteiger partial charge in [0.25, 0.3) is 0 Å². The number of nitrogens with one attached hydrogen (secondary N) is 1. The maximum absolute atomic E-state index is 12.4. The molecule has 1 aromatic carbocycles. The summed E-state index contributed by atoms with van der Waals surface area (Å²) in [5.74, 6) is 0. The molecule has 0 radical (unpaired) electrons. The molecule has 5 nitrogen and oxygen atoms in total. The summed E-state index contributed by atoms with van der Waals surface area (Å²) in [5.41, 5.74) is 5.66. The first kappa shape index (κ1) is 14.7. The molecule has 1 aromatic rings. The fourth-order valence-corrected chi connectivity index (χ4v) is 3.98. The second-order valence-electron chi connectivity index (χ2n) is 4.94. The van der Waals surface area contributed by atoms with E-state index in [-0.39, 0.29) is 16.5 Å². The molecule has 1 unspecified atom stereocenters. The highest BCUT2D eigenvalue weighted by Gasteiger charge is 2.35. The summed E-state index contributed by atoms with van der Waals surface area (Å²) < 4.78 is 32.7. The van der Waals surface area contributed by atoms with Crippen LogP contribution in [0.25, 0.3) is 0 Å². The summed E-state index contributed by atoms with van der Waals surface area (Å²) in [6, 6.07) is 4.76. The smallest absolute Gasteiger partial charge is 0.242 e. The van der Waals surface area contributed by atoms with Gasteiger partial charge in [-0.25, -0.2) is 13.1 Å². The van der Waals surface area contributed by atoms with Gasteiger partial charge in [-0.05, 0) is 31.0 Å². The highest BCUT2D eigenvalue weighted by molar-refractivity contribution is 7.89. The predicted molar refractivity (Wildman–Crippen MR) is 73.5 cm³/mol. The third kappa shape index (κ3) is 3.27. The van der Waals surface area contributed by atoms with Gasteiger partial charge < -0.3 is 10.5 Å². The van der Waals surface area contributed by atoms with E-state index < -0.39 is 15.6 Å². The number of benzene rings is 1. The summed E-state index contributed by atoms with van der Waals surface area (Å²) in [7, 11) is -3.68. The van der Waals surface area contributed by atoms with Gasteiger partial charge in [-0.2, -0.15) is 0 Å². The molecule has 1 fully saturated rings. The van der Waals surface area contributed by atoms with Gasteiger partial charge in [-0.3, -0.25) is 0 Å². The van der Waals surface area contributed by atoms with Crippen LogP contribution in [-0.4, -0.2) is 27.2 Å². The molecule has 0 saturated carbocycles. The number of nitrogens with two attached hydrogens (primary N) is 1.